The molecule has 1 N–H and O–H groups in total. The van der Waals surface area contributed by atoms with Crippen molar-refractivity contribution in [1.29, 1.82) is 0 Å². The maximum absolute atomic E-state index is 12.9. The van der Waals surface area contributed by atoms with E-state index in [2.05, 4.69) is 21.2 Å². The first-order chi connectivity index (χ1) is 9.59. The van der Waals surface area contributed by atoms with Crippen LogP contribution in [0.5, 0.6) is 0 Å². The lowest BCUT2D eigenvalue weighted by molar-refractivity contribution is 0.0931. The van der Waals surface area contributed by atoms with Crippen LogP contribution in [0.4, 0.5) is 4.39 Å². The first kappa shape index (κ1) is 13.3. The maximum atomic E-state index is 12.9. The summed E-state index contributed by atoms with van der Waals surface area (Å²) in [6.07, 6.45) is 1.86. The van der Waals surface area contributed by atoms with Crippen LogP contribution in [-0.4, -0.2) is 5.91 Å². The minimum Gasteiger partial charge on any atom is -0.343 e. The average molecular weight is 334 g/mol. The zero-order chi connectivity index (χ0) is 14.2. The van der Waals surface area contributed by atoms with Gasteiger partial charge in [-0.2, -0.15) is 0 Å². The minimum atomic E-state index is -0.337. The molecule has 2 aromatic rings. The van der Waals surface area contributed by atoms with Crippen molar-refractivity contribution in [3.8, 4) is 0 Å². The van der Waals surface area contributed by atoms with Crippen LogP contribution in [0.3, 0.4) is 0 Å². The second kappa shape index (κ2) is 5.02. The van der Waals surface area contributed by atoms with E-state index < -0.39 is 0 Å². The van der Waals surface area contributed by atoms with Crippen LogP contribution in [0.2, 0.25) is 0 Å². The lowest BCUT2D eigenvalue weighted by Gasteiger charge is -2.18. The second-order valence-electron chi connectivity index (χ2n) is 5.05. The molecule has 0 radical (unpaired) electrons. The first-order valence-corrected chi connectivity index (χ1v) is 7.22. The van der Waals surface area contributed by atoms with Crippen molar-refractivity contribution in [3.63, 3.8) is 0 Å². The van der Waals surface area contributed by atoms with Crippen LogP contribution in [-0.2, 0) is 5.54 Å². The minimum absolute atomic E-state index is 0.162. The normalized spacial score (nSPS) is 15.7. The van der Waals surface area contributed by atoms with E-state index in [-0.39, 0.29) is 17.3 Å². The highest BCUT2D eigenvalue weighted by Crippen LogP contribution is 2.45. The van der Waals surface area contributed by atoms with Gasteiger partial charge in [0.2, 0.25) is 0 Å². The molecule has 0 bridgehead atoms. The molecular formula is C16H13BrFNO. The molecule has 0 heterocycles. The fraction of sp³-hybridized carbons (Fsp3) is 0.188. The van der Waals surface area contributed by atoms with E-state index in [0.717, 1.165) is 22.9 Å². The molecule has 3 rings (SSSR count). The fourth-order valence-electron chi connectivity index (χ4n) is 2.27. The van der Waals surface area contributed by atoms with Gasteiger partial charge in [-0.25, -0.2) is 4.39 Å². The van der Waals surface area contributed by atoms with Gasteiger partial charge in [0.15, 0.2) is 0 Å². The van der Waals surface area contributed by atoms with Gasteiger partial charge in [0.25, 0.3) is 5.91 Å². The number of nitrogens with one attached hydrogen (secondary N) is 1. The zero-order valence-corrected chi connectivity index (χ0v) is 12.3. The van der Waals surface area contributed by atoms with Gasteiger partial charge in [0, 0.05) is 10.0 Å². The van der Waals surface area contributed by atoms with Crippen molar-refractivity contribution in [2.75, 3.05) is 0 Å². The highest BCUT2D eigenvalue weighted by Gasteiger charge is 2.45. The molecule has 0 aliphatic heterocycles. The Morgan fingerprint density at radius 1 is 1.05 bits per heavy atom. The van der Waals surface area contributed by atoms with Crippen molar-refractivity contribution in [3.05, 3.63) is 69.9 Å². The van der Waals surface area contributed by atoms with Crippen molar-refractivity contribution < 1.29 is 9.18 Å². The van der Waals surface area contributed by atoms with Crippen LogP contribution in [0.25, 0.3) is 0 Å². The second-order valence-corrected chi connectivity index (χ2v) is 5.97. The SMILES string of the molecule is O=C(NC1(c2ccc(Br)cc2)CC1)c1ccc(F)cc1. The molecule has 1 amide bonds. The fourth-order valence-corrected chi connectivity index (χ4v) is 2.53. The third kappa shape index (κ3) is 2.61. The van der Waals surface area contributed by atoms with Gasteiger partial charge in [-0.3, -0.25) is 4.79 Å². The van der Waals surface area contributed by atoms with Crippen LogP contribution >= 0.6 is 15.9 Å². The summed E-state index contributed by atoms with van der Waals surface area (Å²) >= 11 is 3.40. The highest BCUT2D eigenvalue weighted by atomic mass is 79.9. The van der Waals surface area contributed by atoms with Crippen molar-refractivity contribution in [2.24, 2.45) is 0 Å². The molecule has 20 heavy (non-hydrogen) atoms. The number of rotatable bonds is 3. The average Bonchev–Trinajstić information content (AvgIpc) is 3.21. The molecule has 4 heteroatoms. The largest absolute Gasteiger partial charge is 0.343 e. The molecule has 0 spiro atoms. The van der Waals surface area contributed by atoms with Gasteiger partial charge in [-0.1, -0.05) is 28.1 Å². The number of hydrogen-bond acceptors (Lipinski definition) is 1. The molecule has 2 nitrogen and oxygen atoms in total. The van der Waals surface area contributed by atoms with Gasteiger partial charge in [0.05, 0.1) is 5.54 Å². The zero-order valence-electron chi connectivity index (χ0n) is 10.7. The smallest absolute Gasteiger partial charge is 0.251 e. The monoisotopic (exact) mass is 333 g/mol. The molecule has 1 fully saturated rings. The Labute approximate surface area is 125 Å². The summed E-state index contributed by atoms with van der Waals surface area (Å²) in [5.74, 6) is -0.499. The van der Waals surface area contributed by atoms with E-state index in [0.29, 0.717) is 5.56 Å². The lowest BCUT2D eigenvalue weighted by Crippen LogP contribution is -2.34. The van der Waals surface area contributed by atoms with Gasteiger partial charge in [0.1, 0.15) is 5.82 Å². The predicted molar refractivity (Wildman–Crippen MR) is 78.9 cm³/mol. The van der Waals surface area contributed by atoms with Crippen molar-refractivity contribution in [1.82, 2.24) is 5.32 Å². The number of benzene rings is 2. The Balaban J connectivity index is 1.78. The van der Waals surface area contributed by atoms with Gasteiger partial charge in [-0.15, -0.1) is 0 Å². The van der Waals surface area contributed by atoms with E-state index in [4.69, 9.17) is 0 Å². The molecule has 1 saturated carbocycles. The van der Waals surface area contributed by atoms with E-state index in [1.54, 1.807) is 0 Å². The molecule has 0 saturated heterocycles. The lowest BCUT2D eigenvalue weighted by atomic mass is 10.0. The van der Waals surface area contributed by atoms with Crippen LogP contribution < -0.4 is 5.32 Å². The van der Waals surface area contributed by atoms with Crippen LogP contribution in [0.15, 0.2) is 53.0 Å². The quantitative estimate of drug-likeness (QED) is 0.903. The van der Waals surface area contributed by atoms with Gasteiger partial charge >= 0.3 is 0 Å². The van der Waals surface area contributed by atoms with Crippen molar-refractivity contribution in [2.45, 2.75) is 18.4 Å². The molecule has 0 atom stereocenters. The summed E-state index contributed by atoms with van der Waals surface area (Å²) in [6, 6.07) is 13.6. The Bertz CT molecular complexity index is 633. The summed E-state index contributed by atoms with van der Waals surface area (Å²) in [6.45, 7) is 0. The Hall–Kier alpha value is -1.68. The van der Waals surface area contributed by atoms with Gasteiger partial charge in [-0.05, 0) is 54.8 Å². The Morgan fingerprint density at radius 2 is 1.65 bits per heavy atom. The third-order valence-corrected chi connectivity index (χ3v) is 4.13. The molecule has 0 unspecified atom stereocenters. The summed E-state index contributed by atoms with van der Waals surface area (Å²) in [4.78, 5) is 12.2. The van der Waals surface area contributed by atoms with Crippen LogP contribution in [0, 0.1) is 5.82 Å². The molecule has 0 aromatic heterocycles. The van der Waals surface area contributed by atoms with E-state index in [1.165, 1.54) is 24.3 Å². The number of amides is 1. The van der Waals surface area contributed by atoms with Gasteiger partial charge < -0.3 is 5.32 Å². The van der Waals surface area contributed by atoms with Crippen molar-refractivity contribution >= 4 is 21.8 Å². The first-order valence-electron chi connectivity index (χ1n) is 6.43. The van der Waals surface area contributed by atoms with Crippen LogP contribution in [0.1, 0.15) is 28.8 Å². The van der Waals surface area contributed by atoms with E-state index >= 15 is 0 Å². The third-order valence-electron chi connectivity index (χ3n) is 3.61. The standard InChI is InChI=1S/C16H13BrFNO/c17-13-5-3-12(4-6-13)16(9-10-16)19-15(20)11-1-7-14(18)8-2-11/h1-8H,9-10H2,(H,19,20). The van der Waals surface area contributed by atoms with E-state index in [9.17, 15) is 9.18 Å². The maximum Gasteiger partial charge on any atom is 0.251 e. The number of hydrogen-bond donors (Lipinski definition) is 1. The molecular weight excluding hydrogens is 321 g/mol. The predicted octanol–water partition coefficient (Wildman–Crippen LogP) is 4.01. The summed E-state index contributed by atoms with van der Waals surface area (Å²) in [7, 11) is 0. The molecule has 1 aliphatic rings. The Kier molecular flexibility index (Phi) is 3.34. The number of carbonyl (C=O) groups excluding carboxylic acids is 1. The number of carbonyl (C=O) groups is 1. The highest BCUT2D eigenvalue weighted by molar-refractivity contribution is 9.10. The number of halogens is 2. The summed E-state index contributed by atoms with van der Waals surface area (Å²) in [5.41, 5.74) is 1.33. The molecule has 2 aromatic carbocycles. The summed E-state index contributed by atoms with van der Waals surface area (Å²) in [5, 5.41) is 3.06. The van der Waals surface area contributed by atoms with E-state index in [1.807, 2.05) is 24.3 Å². The Morgan fingerprint density at radius 3 is 2.20 bits per heavy atom. The molecule has 1 aliphatic carbocycles. The summed E-state index contributed by atoms with van der Waals surface area (Å²) < 4.78 is 13.9. The topological polar surface area (TPSA) is 29.1 Å². The molecule has 102 valence electrons.